The van der Waals surface area contributed by atoms with Crippen LogP contribution in [0.1, 0.15) is 45.4 Å². The van der Waals surface area contributed by atoms with Gasteiger partial charge in [0.2, 0.25) is 5.91 Å². The number of ether oxygens (including phenoxy) is 1. The maximum Gasteiger partial charge on any atom is 0.225 e. The van der Waals surface area contributed by atoms with Crippen LogP contribution in [0.2, 0.25) is 0 Å². The van der Waals surface area contributed by atoms with Gasteiger partial charge in [-0.2, -0.15) is 0 Å². The van der Waals surface area contributed by atoms with Crippen molar-refractivity contribution < 1.29 is 9.53 Å². The van der Waals surface area contributed by atoms with Gasteiger partial charge in [-0.3, -0.25) is 4.79 Å². The Morgan fingerprint density at radius 3 is 3.10 bits per heavy atom. The van der Waals surface area contributed by atoms with Gasteiger partial charge in [0.1, 0.15) is 12.2 Å². The molecule has 0 aliphatic carbocycles. The molecule has 1 fully saturated rings. The summed E-state index contributed by atoms with van der Waals surface area (Å²) in [4.78, 5) is 12.1. The number of carbonyl (C=O) groups excluding carboxylic acids is 1. The first-order chi connectivity index (χ1) is 9.59. The zero-order valence-corrected chi connectivity index (χ0v) is 12.5. The maximum atomic E-state index is 12.1. The maximum absolute atomic E-state index is 12.1. The highest BCUT2D eigenvalue weighted by molar-refractivity contribution is 5.79. The number of aromatic nitrogens is 3. The monoisotopic (exact) mass is 280 g/mol. The van der Waals surface area contributed by atoms with Gasteiger partial charge in [0, 0.05) is 25.6 Å². The highest BCUT2D eigenvalue weighted by Crippen LogP contribution is 2.20. The van der Waals surface area contributed by atoms with Crippen LogP contribution in [0.5, 0.6) is 0 Å². The summed E-state index contributed by atoms with van der Waals surface area (Å²) >= 11 is 0. The van der Waals surface area contributed by atoms with Crippen molar-refractivity contribution >= 4 is 5.91 Å². The third kappa shape index (κ3) is 3.56. The molecule has 6 heteroatoms. The van der Waals surface area contributed by atoms with Crippen molar-refractivity contribution in [1.29, 1.82) is 0 Å². The summed E-state index contributed by atoms with van der Waals surface area (Å²) in [5, 5.41) is 11.0. The minimum Gasteiger partial charge on any atom is -0.378 e. The number of nitrogens with zero attached hydrogens (tertiary/aromatic N) is 3. The van der Waals surface area contributed by atoms with Gasteiger partial charge >= 0.3 is 0 Å². The summed E-state index contributed by atoms with van der Waals surface area (Å²) < 4.78 is 7.52. The predicted molar refractivity (Wildman–Crippen MR) is 75.3 cm³/mol. The van der Waals surface area contributed by atoms with Gasteiger partial charge in [0.05, 0.1) is 12.0 Å². The molecule has 0 radical (unpaired) electrons. The van der Waals surface area contributed by atoms with E-state index in [1.165, 1.54) is 0 Å². The third-order valence-corrected chi connectivity index (χ3v) is 3.76. The van der Waals surface area contributed by atoms with Crippen LogP contribution in [-0.4, -0.2) is 39.9 Å². The van der Waals surface area contributed by atoms with Crippen molar-refractivity contribution in [3.05, 3.63) is 12.2 Å². The molecular weight excluding hydrogens is 256 g/mol. The van der Waals surface area contributed by atoms with E-state index in [-0.39, 0.29) is 17.9 Å². The lowest BCUT2D eigenvalue weighted by Crippen LogP contribution is -2.41. The molecule has 2 rings (SSSR count). The van der Waals surface area contributed by atoms with E-state index in [0.29, 0.717) is 19.0 Å². The molecule has 1 aliphatic heterocycles. The highest BCUT2D eigenvalue weighted by Gasteiger charge is 2.28. The molecule has 2 unspecified atom stereocenters. The fourth-order valence-corrected chi connectivity index (χ4v) is 2.58. The van der Waals surface area contributed by atoms with Gasteiger partial charge in [-0.15, -0.1) is 10.2 Å². The number of hydrogen-bond donors (Lipinski definition) is 1. The Labute approximate surface area is 119 Å². The van der Waals surface area contributed by atoms with E-state index in [1.54, 1.807) is 6.33 Å². The molecule has 1 aromatic heterocycles. The van der Waals surface area contributed by atoms with Gasteiger partial charge in [-0.05, 0) is 19.8 Å². The smallest absolute Gasteiger partial charge is 0.225 e. The molecule has 2 heterocycles. The van der Waals surface area contributed by atoms with Gasteiger partial charge in [0.15, 0.2) is 0 Å². The van der Waals surface area contributed by atoms with Crippen molar-refractivity contribution in [3.8, 4) is 0 Å². The lowest BCUT2D eigenvalue weighted by atomic mass is 9.94. The Bertz CT molecular complexity index is 444. The van der Waals surface area contributed by atoms with Crippen LogP contribution in [0.25, 0.3) is 0 Å². The first kappa shape index (κ1) is 15.0. The van der Waals surface area contributed by atoms with E-state index >= 15 is 0 Å². The van der Waals surface area contributed by atoms with Crippen molar-refractivity contribution in [2.75, 3.05) is 13.2 Å². The quantitative estimate of drug-likeness (QED) is 0.883. The summed E-state index contributed by atoms with van der Waals surface area (Å²) in [6, 6.07) is 0. The van der Waals surface area contributed by atoms with E-state index in [0.717, 1.165) is 25.3 Å². The summed E-state index contributed by atoms with van der Waals surface area (Å²) in [7, 11) is 0. The Morgan fingerprint density at radius 2 is 2.40 bits per heavy atom. The number of nitrogens with one attached hydrogen (secondary N) is 1. The molecule has 1 N–H and O–H groups in total. The van der Waals surface area contributed by atoms with Crippen molar-refractivity contribution in [2.45, 2.75) is 52.2 Å². The van der Waals surface area contributed by atoms with E-state index in [2.05, 4.69) is 29.4 Å². The SMILES string of the molecule is CC(C)c1nncn1CCNC(=O)C1CCCOC1C. The molecule has 112 valence electrons. The molecule has 1 saturated heterocycles. The van der Waals surface area contributed by atoms with Gasteiger partial charge in [-0.25, -0.2) is 0 Å². The van der Waals surface area contributed by atoms with E-state index < -0.39 is 0 Å². The summed E-state index contributed by atoms with van der Waals surface area (Å²) in [5.41, 5.74) is 0. The summed E-state index contributed by atoms with van der Waals surface area (Å²) in [6.07, 6.45) is 3.61. The standard InChI is InChI=1S/C14H24N4O2/c1-10(2)13-17-16-9-18(13)7-6-15-14(19)12-5-4-8-20-11(12)3/h9-12H,4-8H2,1-3H3,(H,15,19). The fraction of sp³-hybridized carbons (Fsp3) is 0.786. The van der Waals surface area contributed by atoms with E-state index in [1.807, 2.05) is 11.5 Å². The molecule has 0 aromatic carbocycles. The van der Waals surface area contributed by atoms with Crippen LogP contribution >= 0.6 is 0 Å². The number of hydrogen-bond acceptors (Lipinski definition) is 4. The third-order valence-electron chi connectivity index (χ3n) is 3.76. The zero-order chi connectivity index (χ0) is 14.5. The average Bonchev–Trinajstić information content (AvgIpc) is 2.87. The molecule has 0 bridgehead atoms. The van der Waals surface area contributed by atoms with E-state index in [9.17, 15) is 4.79 Å². The normalized spacial score (nSPS) is 23.0. The fourth-order valence-electron chi connectivity index (χ4n) is 2.58. The Morgan fingerprint density at radius 1 is 1.60 bits per heavy atom. The van der Waals surface area contributed by atoms with Gasteiger partial charge in [-0.1, -0.05) is 13.8 Å². The summed E-state index contributed by atoms with van der Waals surface area (Å²) in [5.74, 6) is 1.36. The van der Waals surface area contributed by atoms with E-state index in [4.69, 9.17) is 4.74 Å². The largest absolute Gasteiger partial charge is 0.378 e. The van der Waals surface area contributed by atoms with Crippen molar-refractivity contribution in [2.24, 2.45) is 5.92 Å². The number of carbonyl (C=O) groups is 1. The Balaban J connectivity index is 1.80. The van der Waals surface area contributed by atoms with Crippen molar-refractivity contribution in [3.63, 3.8) is 0 Å². The second-order valence-corrected chi connectivity index (χ2v) is 5.65. The van der Waals surface area contributed by atoms with Crippen LogP contribution in [-0.2, 0) is 16.1 Å². The average molecular weight is 280 g/mol. The minimum absolute atomic E-state index is 0.0184. The lowest BCUT2D eigenvalue weighted by molar-refractivity contribution is -0.133. The molecular formula is C14H24N4O2. The molecule has 20 heavy (non-hydrogen) atoms. The molecule has 0 spiro atoms. The predicted octanol–water partition coefficient (Wildman–Crippen LogP) is 1.33. The van der Waals surface area contributed by atoms with Gasteiger partial charge < -0.3 is 14.6 Å². The molecule has 2 atom stereocenters. The molecule has 1 aliphatic rings. The first-order valence-electron chi connectivity index (χ1n) is 7.36. The molecule has 1 amide bonds. The van der Waals surface area contributed by atoms with Crippen LogP contribution in [0.15, 0.2) is 6.33 Å². The van der Waals surface area contributed by atoms with Crippen LogP contribution in [0, 0.1) is 5.92 Å². The second kappa shape index (κ2) is 6.83. The number of amides is 1. The molecule has 6 nitrogen and oxygen atoms in total. The first-order valence-corrected chi connectivity index (χ1v) is 7.36. The Hall–Kier alpha value is -1.43. The lowest BCUT2D eigenvalue weighted by Gasteiger charge is -2.28. The molecule has 0 saturated carbocycles. The van der Waals surface area contributed by atoms with Crippen LogP contribution in [0.3, 0.4) is 0 Å². The minimum atomic E-state index is -0.0192. The highest BCUT2D eigenvalue weighted by atomic mass is 16.5. The second-order valence-electron chi connectivity index (χ2n) is 5.65. The van der Waals surface area contributed by atoms with Crippen LogP contribution < -0.4 is 5.32 Å². The number of rotatable bonds is 5. The van der Waals surface area contributed by atoms with Crippen molar-refractivity contribution in [1.82, 2.24) is 20.1 Å². The Kier molecular flexibility index (Phi) is 5.11. The van der Waals surface area contributed by atoms with Crippen LogP contribution in [0.4, 0.5) is 0 Å². The molecule has 1 aromatic rings. The topological polar surface area (TPSA) is 69.0 Å². The zero-order valence-electron chi connectivity index (χ0n) is 12.5. The summed E-state index contributed by atoms with van der Waals surface area (Å²) in [6.45, 7) is 8.21. The van der Waals surface area contributed by atoms with Gasteiger partial charge in [0.25, 0.3) is 0 Å².